The summed E-state index contributed by atoms with van der Waals surface area (Å²) < 4.78 is 39.4. The number of alkyl halides is 3. The van der Waals surface area contributed by atoms with Gasteiger partial charge in [-0.1, -0.05) is 6.92 Å². The second-order valence-corrected chi connectivity index (χ2v) is 4.74. The maximum atomic E-state index is 12.5. The molecule has 0 aliphatic carbocycles. The number of nitrogens with zero attached hydrogens (tertiary/aromatic N) is 2. The molecule has 1 N–H and O–H groups in total. The molecular weight excluding hydrogens is 243 g/mol. The van der Waals surface area contributed by atoms with E-state index in [9.17, 15) is 13.2 Å². The van der Waals surface area contributed by atoms with E-state index in [1.165, 1.54) is 0 Å². The van der Waals surface area contributed by atoms with Crippen molar-refractivity contribution >= 4 is 0 Å². The summed E-state index contributed by atoms with van der Waals surface area (Å²) in [5.74, 6) is 0.764. The summed E-state index contributed by atoms with van der Waals surface area (Å²) in [6, 6.07) is -0.575. The summed E-state index contributed by atoms with van der Waals surface area (Å²) in [7, 11) is 0. The molecule has 0 bridgehead atoms. The van der Waals surface area contributed by atoms with Gasteiger partial charge in [-0.15, -0.1) is 0 Å². The zero-order valence-electron chi connectivity index (χ0n) is 10.6. The predicted molar refractivity (Wildman–Crippen MR) is 62.4 cm³/mol. The van der Waals surface area contributed by atoms with Gasteiger partial charge in [0.25, 0.3) is 0 Å². The monoisotopic (exact) mass is 261 g/mol. The van der Waals surface area contributed by atoms with Crippen molar-refractivity contribution in [3.8, 4) is 0 Å². The summed E-state index contributed by atoms with van der Waals surface area (Å²) in [6.07, 6.45) is -3.51. The first kappa shape index (κ1) is 13.4. The Morgan fingerprint density at radius 2 is 2.17 bits per heavy atom. The van der Waals surface area contributed by atoms with Gasteiger partial charge in [0.2, 0.25) is 0 Å². The largest absolute Gasteiger partial charge is 0.391 e. The van der Waals surface area contributed by atoms with E-state index in [0.29, 0.717) is 13.0 Å². The van der Waals surface area contributed by atoms with Crippen LogP contribution in [-0.2, 0) is 19.4 Å². The molecular formula is C12H18F3N3. The first-order valence-electron chi connectivity index (χ1n) is 6.28. The summed E-state index contributed by atoms with van der Waals surface area (Å²) >= 11 is 0. The molecule has 1 aromatic heterocycles. The van der Waals surface area contributed by atoms with E-state index in [0.717, 1.165) is 30.2 Å². The molecule has 0 saturated carbocycles. The number of fused-ring (bicyclic) bond motifs is 1. The molecule has 2 rings (SSSR count). The Morgan fingerprint density at radius 3 is 2.78 bits per heavy atom. The van der Waals surface area contributed by atoms with Crippen molar-refractivity contribution in [2.24, 2.45) is 0 Å². The van der Waals surface area contributed by atoms with Crippen LogP contribution >= 0.6 is 0 Å². The van der Waals surface area contributed by atoms with Gasteiger partial charge in [-0.25, -0.2) is 4.98 Å². The third kappa shape index (κ3) is 2.68. The molecule has 1 unspecified atom stereocenters. The highest BCUT2D eigenvalue weighted by molar-refractivity contribution is 5.21. The van der Waals surface area contributed by atoms with Gasteiger partial charge in [-0.3, -0.25) is 0 Å². The minimum Gasteiger partial charge on any atom is -0.329 e. The number of hydrogen-bond acceptors (Lipinski definition) is 2. The molecule has 18 heavy (non-hydrogen) atoms. The van der Waals surface area contributed by atoms with Crippen molar-refractivity contribution in [2.45, 2.75) is 51.9 Å². The van der Waals surface area contributed by atoms with Crippen LogP contribution in [0.25, 0.3) is 0 Å². The Morgan fingerprint density at radius 1 is 1.44 bits per heavy atom. The van der Waals surface area contributed by atoms with Gasteiger partial charge in [0.15, 0.2) is 0 Å². The number of hydrogen-bond donors (Lipinski definition) is 1. The molecule has 0 radical (unpaired) electrons. The van der Waals surface area contributed by atoms with E-state index in [-0.39, 0.29) is 0 Å². The Balaban J connectivity index is 2.33. The van der Waals surface area contributed by atoms with Gasteiger partial charge in [-0.05, 0) is 6.92 Å². The van der Waals surface area contributed by atoms with Crippen molar-refractivity contribution in [1.82, 2.24) is 14.9 Å². The Kier molecular flexibility index (Phi) is 3.66. The van der Waals surface area contributed by atoms with Crippen LogP contribution in [0.5, 0.6) is 0 Å². The molecule has 3 nitrogen and oxygen atoms in total. The lowest BCUT2D eigenvalue weighted by Crippen LogP contribution is -2.27. The molecule has 1 aliphatic heterocycles. The van der Waals surface area contributed by atoms with Gasteiger partial charge in [0, 0.05) is 37.7 Å². The van der Waals surface area contributed by atoms with Crippen LogP contribution in [0.1, 0.15) is 43.5 Å². The third-order valence-electron chi connectivity index (χ3n) is 3.28. The summed E-state index contributed by atoms with van der Waals surface area (Å²) in [5, 5.41) is 3.19. The summed E-state index contributed by atoms with van der Waals surface area (Å²) in [6.45, 7) is 5.02. The lowest BCUT2D eigenvalue weighted by atomic mass is 10.1. The van der Waals surface area contributed by atoms with Gasteiger partial charge in [0.05, 0.1) is 12.1 Å². The Labute approximate surface area is 104 Å². The lowest BCUT2D eigenvalue weighted by molar-refractivity contribution is -0.141. The predicted octanol–water partition coefficient (Wildman–Crippen LogP) is 2.60. The molecule has 0 saturated heterocycles. The minimum absolute atomic E-state index is 0.575. The minimum atomic E-state index is -4.13. The number of aromatic nitrogens is 2. The zero-order chi connectivity index (χ0) is 13.3. The van der Waals surface area contributed by atoms with Crippen molar-refractivity contribution in [3.63, 3.8) is 0 Å². The molecule has 0 aromatic carbocycles. The fourth-order valence-electron chi connectivity index (χ4n) is 2.58. The quantitative estimate of drug-likeness (QED) is 0.906. The fourth-order valence-corrected chi connectivity index (χ4v) is 2.58. The number of rotatable bonds is 3. The van der Waals surface area contributed by atoms with Crippen molar-refractivity contribution < 1.29 is 13.2 Å². The van der Waals surface area contributed by atoms with Crippen LogP contribution in [0.15, 0.2) is 0 Å². The molecule has 0 fully saturated rings. The highest BCUT2D eigenvalue weighted by atomic mass is 19.4. The topological polar surface area (TPSA) is 29.9 Å². The highest BCUT2D eigenvalue weighted by Crippen LogP contribution is 2.31. The van der Waals surface area contributed by atoms with Crippen molar-refractivity contribution in [1.29, 1.82) is 0 Å². The molecule has 0 amide bonds. The van der Waals surface area contributed by atoms with Crippen LogP contribution in [0.4, 0.5) is 13.2 Å². The zero-order valence-corrected chi connectivity index (χ0v) is 10.6. The highest BCUT2D eigenvalue weighted by Gasteiger charge is 2.33. The molecule has 6 heteroatoms. The van der Waals surface area contributed by atoms with Crippen molar-refractivity contribution in [3.05, 3.63) is 17.2 Å². The van der Waals surface area contributed by atoms with E-state index in [1.807, 2.05) is 6.92 Å². The van der Waals surface area contributed by atoms with E-state index in [2.05, 4.69) is 10.3 Å². The molecule has 1 aliphatic rings. The van der Waals surface area contributed by atoms with Crippen LogP contribution in [0.2, 0.25) is 0 Å². The Hall–Kier alpha value is -1.04. The standard InChI is InChI=1S/C12H18F3N3/c1-3-11-17-9-7-16-5-4-10(9)18(11)8(2)6-12(13,14)15/h8,16H,3-7H2,1-2H3. The van der Waals surface area contributed by atoms with Crippen LogP contribution in [0.3, 0.4) is 0 Å². The number of nitrogens with one attached hydrogen (secondary N) is 1. The van der Waals surface area contributed by atoms with Crippen LogP contribution < -0.4 is 5.32 Å². The maximum absolute atomic E-state index is 12.5. The van der Waals surface area contributed by atoms with Gasteiger partial charge in [0.1, 0.15) is 5.82 Å². The second-order valence-electron chi connectivity index (χ2n) is 4.74. The van der Waals surface area contributed by atoms with Crippen molar-refractivity contribution in [2.75, 3.05) is 6.54 Å². The van der Waals surface area contributed by atoms with E-state index in [1.54, 1.807) is 11.5 Å². The molecule has 0 spiro atoms. The van der Waals surface area contributed by atoms with E-state index < -0.39 is 18.6 Å². The number of imidazole rings is 1. The number of aryl methyl sites for hydroxylation is 1. The average molecular weight is 261 g/mol. The number of halogens is 3. The van der Waals surface area contributed by atoms with E-state index >= 15 is 0 Å². The molecule has 2 heterocycles. The summed E-state index contributed by atoms with van der Waals surface area (Å²) in [4.78, 5) is 4.45. The average Bonchev–Trinajstić information content (AvgIpc) is 2.64. The molecule has 1 aromatic rings. The van der Waals surface area contributed by atoms with Crippen LogP contribution in [0, 0.1) is 0 Å². The van der Waals surface area contributed by atoms with Gasteiger partial charge in [-0.2, -0.15) is 13.2 Å². The smallest absolute Gasteiger partial charge is 0.329 e. The SMILES string of the molecule is CCc1nc2c(n1C(C)CC(F)(F)F)CCNC2. The maximum Gasteiger partial charge on any atom is 0.391 e. The van der Waals surface area contributed by atoms with Gasteiger partial charge < -0.3 is 9.88 Å². The Bertz CT molecular complexity index is 423. The normalized spacial score (nSPS) is 17.6. The lowest BCUT2D eigenvalue weighted by Gasteiger charge is -2.22. The van der Waals surface area contributed by atoms with Crippen LogP contribution in [-0.4, -0.2) is 22.3 Å². The third-order valence-corrected chi connectivity index (χ3v) is 3.28. The second kappa shape index (κ2) is 4.91. The summed E-state index contributed by atoms with van der Waals surface area (Å²) in [5.41, 5.74) is 1.88. The molecule has 1 atom stereocenters. The van der Waals surface area contributed by atoms with E-state index in [4.69, 9.17) is 0 Å². The van der Waals surface area contributed by atoms with Gasteiger partial charge >= 0.3 is 6.18 Å². The molecule has 102 valence electrons. The first-order chi connectivity index (χ1) is 8.42. The fraction of sp³-hybridized carbons (Fsp3) is 0.750. The first-order valence-corrected chi connectivity index (χ1v) is 6.28.